The molecule has 0 aromatic heterocycles. The Kier molecular flexibility index (Phi) is 5.46. The number of carbonyl (C=O) groups excluding carboxylic acids is 1. The third-order valence-corrected chi connectivity index (χ3v) is 5.16. The zero-order chi connectivity index (χ0) is 18.0. The van der Waals surface area contributed by atoms with Gasteiger partial charge < -0.3 is 30.0 Å². The summed E-state index contributed by atoms with van der Waals surface area (Å²) in [5.74, 6) is 1.21. The predicted molar refractivity (Wildman–Crippen MR) is 91.4 cm³/mol. The van der Waals surface area contributed by atoms with Gasteiger partial charge in [-0.05, 0) is 30.9 Å². The first kappa shape index (κ1) is 18.0. The maximum Gasteiger partial charge on any atom is 0.240 e. The summed E-state index contributed by atoms with van der Waals surface area (Å²) >= 11 is 0. The molecule has 2 aliphatic rings. The topological polar surface area (TPSA) is 94.3 Å². The number of ether oxygens (including phenoxy) is 3. The molecule has 2 heterocycles. The van der Waals surface area contributed by atoms with Gasteiger partial charge in [-0.3, -0.25) is 4.79 Å². The SMILES string of the molecule is COc1ccc(OC)c2c1CN(C(=O)C(N)C1CCOCC1)CC2O. The Morgan fingerprint density at radius 3 is 2.56 bits per heavy atom. The second-order valence-corrected chi connectivity index (χ2v) is 6.57. The number of β-amino-alcohol motifs (C(OH)–C–C–N with tert-alkyl or cyclic N) is 1. The number of aliphatic hydroxyl groups excluding tert-OH is 1. The van der Waals surface area contributed by atoms with Crippen molar-refractivity contribution in [2.24, 2.45) is 11.7 Å². The van der Waals surface area contributed by atoms with Crippen molar-refractivity contribution in [3.8, 4) is 11.5 Å². The van der Waals surface area contributed by atoms with E-state index in [1.165, 1.54) is 0 Å². The summed E-state index contributed by atoms with van der Waals surface area (Å²) in [5.41, 5.74) is 7.69. The zero-order valence-corrected chi connectivity index (χ0v) is 14.7. The molecular weight excluding hydrogens is 324 g/mol. The van der Waals surface area contributed by atoms with Crippen molar-refractivity contribution in [2.75, 3.05) is 34.0 Å². The van der Waals surface area contributed by atoms with Gasteiger partial charge in [0.15, 0.2) is 0 Å². The highest BCUT2D eigenvalue weighted by molar-refractivity contribution is 5.82. The molecule has 0 spiro atoms. The Balaban J connectivity index is 1.83. The lowest BCUT2D eigenvalue weighted by Crippen LogP contribution is -2.51. The molecule has 7 heteroatoms. The molecule has 0 bridgehead atoms. The molecule has 1 aromatic carbocycles. The lowest BCUT2D eigenvalue weighted by molar-refractivity contribution is -0.137. The first-order valence-corrected chi connectivity index (χ1v) is 8.60. The summed E-state index contributed by atoms with van der Waals surface area (Å²) in [6.07, 6.45) is 0.744. The van der Waals surface area contributed by atoms with Crippen LogP contribution in [0.2, 0.25) is 0 Å². The van der Waals surface area contributed by atoms with Crippen molar-refractivity contribution in [1.82, 2.24) is 4.90 Å². The highest BCUT2D eigenvalue weighted by Gasteiger charge is 2.36. The highest BCUT2D eigenvalue weighted by Crippen LogP contribution is 2.39. The minimum absolute atomic E-state index is 0.118. The van der Waals surface area contributed by atoms with E-state index in [-0.39, 0.29) is 18.4 Å². The molecule has 1 saturated heterocycles. The number of hydrogen-bond acceptors (Lipinski definition) is 6. The number of fused-ring (bicyclic) bond motifs is 1. The number of benzene rings is 1. The van der Waals surface area contributed by atoms with Gasteiger partial charge in [0.1, 0.15) is 17.6 Å². The maximum atomic E-state index is 12.9. The number of aliphatic hydroxyl groups is 1. The standard InChI is InChI=1S/C18H26N2O5/c1-23-14-3-4-15(24-2)16-12(14)9-20(10-13(16)21)18(22)17(19)11-5-7-25-8-6-11/h3-4,11,13,17,21H,5-10,19H2,1-2H3. The average Bonchev–Trinajstić information content (AvgIpc) is 2.66. The van der Waals surface area contributed by atoms with Crippen LogP contribution in [0.1, 0.15) is 30.1 Å². The van der Waals surface area contributed by atoms with Crippen molar-refractivity contribution >= 4 is 5.91 Å². The van der Waals surface area contributed by atoms with Crippen LogP contribution in [0.5, 0.6) is 11.5 Å². The third-order valence-electron chi connectivity index (χ3n) is 5.16. The fraction of sp³-hybridized carbons (Fsp3) is 0.611. The van der Waals surface area contributed by atoms with Crippen LogP contribution in [0.4, 0.5) is 0 Å². The quantitative estimate of drug-likeness (QED) is 0.835. The van der Waals surface area contributed by atoms with Crippen molar-refractivity contribution in [3.05, 3.63) is 23.3 Å². The van der Waals surface area contributed by atoms with Crippen LogP contribution >= 0.6 is 0 Å². The Bertz CT molecular complexity index is 630. The van der Waals surface area contributed by atoms with Crippen molar-refractivity contribution in [3.63, 3.8) is 0 Å². The van der Waals surface area contributed by atoms with Gasteiger partial charge in [0.05, 0.1) is 26.8 Å². The van der Waals surface area contributed by atoms with Gasteiger partial charge in [-0.15, -0.1) is 0 Å². The number of nitrogens with two attached hydrogens (primary N) is 1. The number of hydrogen-bond donors (Lipinski definition) is 2. The summed E-state index contributed by atoms with van der Waals surface area (Å²) in [4.78, 5) is 14.5. The summed E-state index contributed by atoms with van der Waals surface area (Å²) in [6.45, 7) is 1.83. The first-order chi connectivity index (χ1) is 12.1. The average molecular weight is 350 g/mol. The van der Waals surface area contributed by atoms with Crippen LogP contribution in [0.25, 0.3) is 0 Å². The number of rotatable bonds is 4. The number of carbonyl (C=O) groups is 1. The summed E-state index contributed by atoms with van der Waals surface area (Å²) in [5, 5.41) is 10.6. The molecule has 1 aromatic rings. The zero-order valence-electron chi connectivity index (χ0n) is 14.7. The van der Waals surface area contributed by atoms with Crippen LogP contribution in [0.3, 0.4) is 0 Å². The van der Waals surface area contributed by atoms with Gasteiger partial charge >= 0.3 is 0 Å². The van der Waals surface area contributed by atoms with Crippen LogP contribution in [-0.2, 0) is 16.1 Å². The van der Waals surface area contributed by atoms with Crippen LogP contribution in [-0.4, -0.2) is 55.9 Å². The largest absolute Gasteiger partial charge is 0.496 e. The van der Waals surface area contributed by atoms with Gasteiger partial charge in [-0.25, -0.2) is 0 Å². The van der Waals surface area contributed by atoms with Crippen LogP contribution < -0.4 is 15.2 Å². The predicted octanol–water partition coefficient (Wildman–Crippen LogP) is 0.833. The molecule has 2 atom stereocenters. The molecule has 1 amide bonds. The second kappa shape index (κ2) is 7.59. The molecule has 0 aliphatic carbocycles. The van der Waals surface area contributed by atoms with Gasteiger partial charge in [-0.2, -0.15) is 0 Å². The lowest BCUT2D eigenvalue weighted by atomic mass is 9.90. The summed E-state index contributed by atoms with van der Waals surface area (Å²) in [6, 6.07) is 2.98. The summed E-state index contributed by atoms with van der Waals surface area (Å²) in [7, 11) is 3.14. The van der Waals surface area contributed by atoms with E-state index in [1.807, 2.05) is 0 Å². The number of nitrogens with zero attached hydrogens (tertiary/aromatic N) is 1. The Morgan fingerprint density at radius 2 is 1.92 bits per heavy atom. The molecule has 1 fully saturated rings. The Morgan fingerprint density at radius 1 is 1.28 bits per heavy atom. The van der Waals surface area contributed by atoms with Crippen molar-refractivity contribution < 1.29 is 24.1 Å². The third kappa shape index (κ3) is 3.44. The molecule has 3 rings (SSSR count). The number of methoxy groups -OCH3 is 2. The molecule has 2 aliphatic heterocycles. The fourth-order valence-corrected chi connectivity index (χ4v) is 3.73. The van der Waals surface area contributed by atoms with Crippen LogP contribution in [0, 0.1) is 5.92 Å². The Labute approximate surface area is 147 Å². The highest BCUT2D eigenvalue weighted by atomic mass is 16.5. The minimum Gasteiger partial charge on any atom is -0.496 e. The minimum atomic E-state index is -0.834. The van der Waals surface area contributed by atoms with E-state index in [2.05, 4.69) is 0 Å². The van der Waals surface area contributed by atoms with E-state index < -0.39 is 12.1 Å². The van der Waals surface area contributed by atoms with Gasteiger partial charge in [0.25, 0.3) is 0 Å². The van der Waals surface area contributed by atoms with E-state index in [1.54, 1.807) is 31.3 Å². The fourth-order valence-electron chi connectivity index (χ4n) is 3.73. The van der Waals surface area contributed by atoms with Crippen molar-refractivity contribution in [1.29, 1.82) is 0 Å². The molecule has 2 unspecified atom stereocenters. The molecule has 7 nitrogen and oxygen atoms in total. The molecule has 0 saturated carbocycles. The van der Waals surface area contributed by atoms with E-state index in [0.717, 1.165) is 18.4 Å². The van der Waals surface area contributed by atoms with E-state index in [0.29, 0.717) is 36.8 Å². The monoisotopic (exact) mass is 350 g/mol. The van der Waals surface area contributed by atoms with Crippen LogP contribution in [0.15, 0.2) is 12.1 Å². The molecule has 25 heavy (non-hydrogen) atoms. The number of amides is 1. The van der Waals surface area contributed by atoms with Crippen molar-refractivity contribution in [2.45, 2.75) is 31.5 Å². The van der Waals surface area contributed by atoms with E-state index in [9.17, 15) is 9.90 Å². The molecule has 3 N–H and O–H groups in total. The summed E-state index contributed by atoms with van der Waals surface area (Å²) < 4.78 is 16.1. The normalized spacial score (nSPS) is 22.2. The molecule has 138 valence electrons. The maximum absolute atomic E-state index is 12.9. The lowest BCUT2D eigenvalue weighted by Gasteiger charge is -2.37. The van der Waals surface area contributed by atoms with Gasteiger partial charge in [0.2, 0.25) is 5.91 Å². The molecular formula is C18H26N2O5. The molecule has 0 radical (unpaired) electrons. The first-order valence-electron chi connectivity index (χ1n) is 8.60. The van der Waals surface area contributed by atoms with Gasteiger partial charge in [0, 0.05) is 30.9 Å². The Hall–Kier alpha value is -1.83. The smallest absolute Gasteiger partial charge is 0.240 e. The van der Waals surface area contributed by atoms with E-state index in [4.69, 9.17) is 19.9 Å². The second-order valence-electron chi connectivity index (χ2n) is 6.57. The van der Waals surface area contributed by atoms with E-state index >= 15 is 0 Å². The van der Waals surface area contributed by atoms with Gasteiger partial charge in [-0.1, -0.05) is 0 Å².